The molecule has 0 N–H and O–H groups in total. The number of nitrogens with zero attached hydrogens (tertiary/aromatic N) is 1. The summed E-state index contributed by atoms with van der Waals surface area (Å²) in [4.78, 5) is 14.7. The van der Waals surface area contributed by atoms with Gasteiger partial charge in [-0.25, -0.2) is 0 Å². The smallest absolute Gasteiger partial charge is 0.147 e. The van der Waals surface area contributed by atoms with Gasteiger partial charge in [-0.1, -0.05) is 0 Å². The minimum atomic E-state index is 0. The Morgan fingerprint density at radius 2 is 1.82 bits per heavy atom. The third kappa shape index (κ3) is 6.83. The molecule has 0 bridgehead atoms. The van der Waals surface area contributed by atoms with E-state index in [-0.39, 0.29) is 12.4 Å². The molecular weight excluding hydrogens is 361 g/mol. The summed E-state index contributed by atoms with van der Waals surface area (Å²) < 4.78 is 1.42. The molecule has 4 heteroatoms. The van der Waals surface area contributed by atoms with Crippen molar-refractivity contribution < 1.29 is 4.79 Å². The summed E-state index contributed by atoms with van der Waals surface area (Å²) in [6, 6.07) is 8.37. The van der Waals surface area contributed by atoms with E-state index in [1.54, 1.807) is 0 Å². The van der Waals surface area contributed by atoms with Crippen molar-refractivity contribution in [2.45, 2.75) is 50.8 Å². The van der Waals surface area contributed by atoms with Crippen molar-refractivity contribution in [2.24, 2.45) is 0 Å². The fraction of sp³-hybridized carbons (Fsp3) is 0.611. The number of likely N-dealkylation sites (tertiary alicyclic amines) is 1. The average molecular weight is 389 g/mol. The maximum atomic E-state index is 12.2. The second-order valence-electron chi connectivity index (χ2n) is 5.80. The minimum absolute atomic E-state index is 0. The van der Waals surface area contributed by atoms with Gasteiger partial charge in [-0.15, -0.1) is 12.4 Å². The zero-order valence-corrected chi connectivity index (χ0v) is 16.1. The van der Waals surface area contributed by atoms with Crippen LogP contribution in [0, 0.1) is 0 Å². The van der Waals surface area contributed by atoms with Crippen LogP contribution in [0.5, 0.6) is 0 Å². The number of hydrogen-bond acceptors (Lipinski definition) is 2. The molecule has 0 aliphatic carbocycles. The number of unbranched alkanes of at least 4 members (excludes halogenated alkanes) is 1. The van der Waals surface area contributed by atoms with Gasteiger partial charge >= 0.3 is 135 Å². The van der Waals surface area contributed by atoms with Crippen LogP contribution in [-0.4, -0.2) is 45.3 Å². The average Bonchev–Trinajstić information content (AvgIpc) is 2.54. The molecule has 1 saturated heterocycles. The van der Waals surface area contributed by atoms with Crippen molar-refractivity contribution in [1.29, 1.82) is 0 Å². The summed E-state index contributed by atoms with van der Waals surface area (Å²) in [5.74, 6) is 0.299. The number of ketones is 1. The van der Waals surface area contributed by atoms with Crippen LogP contribution in [0.15, 0.2) is 24.3 Å². The minimum Gasteiger partial charge on any atom is -0.147 e. The predicted octanol–water partition coefficient (Wildman–Crippen LogP) is 3.72. The van der Waals surface area contributed by atoms with E-state index in [0.29, 0.717) is 27.2 Å². The standard InChI is InChI=1S/C18H27NOSe.ClH/c1-2-3-15-21-17-9-7-16(8-10-17)18(20)11-14-19-12-5-4-6-13-19;/h7-10H,2-6,11-15H2,1H3;1H. The molecule has 0 aromatic heterocycles. The van der Waals surface area contributed by atoms with Gasteiger partial charge in [-0.05, 0) is 0 Å². The van der Waals surface area contributed by atoms with Crippen LogP contribution in [0.3, 0.4) is 0 Å². The molecule has 0 saturated carbocycles. The van der Waals surface area contributed by atoms with Crippen molar-refractivity contribution in [2.75, 3.05) is 19.6 Å². The van der Waals surface area contributed by atoms with Gasteiger partial charge in [0.15, 0.2) is 0 Å². The Labute approximate surface area is 147 Å². The van der Waals surface area contributed by atoms with E-state index in [4.69, 9.17) is 0 Å². The molecule has 22 heavy (non-hydrogen) atoms. The Morgan fingerprint density at radius 1 is 1.14 bits per heavy atom. The third-order valence-electron chi connectivity index (χ3n) is 4.05. The first kappa shape index (κ1) is 19.7. The fourth-order valence-electron chi connectivity index (χ4n) is 2.66. The van der Waals surface area contributed by atoms with Crippen LogP contribution in [0.4, 0.5) is 0 Å². The van der Waals surface area contributed by atoms with Crippen molar-refractivity contribution >= 4 is 37.6 Å². The quantitative estimate of drug-likeness (QED) is 0.384. The molecule has 124 valence electrons. The van der Waals surface area contributed by atoms with E-state index in [1.165, 1.54) is 55.0 Å². The second kappa shape index (κ2) is 11.2. The van der Waals surface area contributed by atoms with Crippen molar-refractivity contribution in [3.05, 3.63) is 29.8 Å². The first-order chi connectivity index (χ1) is 10.3. The van der Waals surface area contributed by atoms with Gasteiger partial charge in [0.2, 0.25) is 0 Å². The molecule has 0 radical (unpaired) electrons. The largest absolute Gasteiger partial charge is 0.147 e. The molecule has 0 atom stereocenters. The zero-order valence-electron chi connectivity index (χ0n) is 13.6. The summed E-state index contributed by atoms with van der Waals surface area (Å²) >= 11 is 0.575. The Kier molecular flexibility index (Phi) is 10.1. The second-order valence-corrected chi connectivity index (χ2v) is 8.25. The van der Waals surface area contributed by atoms with Crippen LogP contribution in [0.25, 0.3) is 0 Å². The number of carbonyl (C=O) groups excluding carboxylic acids is 1. The van der Waals surface area contributed by atoms with Gasteiger partial charge < -0.3 is 0 Å². The molecule has 1 heterocycles. The van der Waals surface area contributed by atoms with E-state index in [0.717, 1.165) is 12.1 Å². The summed E-state index contributed by atoms with van der Waals surface area (Å²) in [7, 11) is 0. The molecular formula is C18H28ClNOSe. The molecule has 1 aromatic carbocycles. The Hall–Kier alpha value is -0.341. The Balaban J connectivity index is 0.00000242. The first-order valence-corrected chi connectivity index (χ1v) is 10.3. The van der Waals surface area contributed by atoms with E-state index in [1.807, 2.05) is 12.1 Å². The maximum Gasteiger partial charge on any atom is -0.147 e. The summed E-state index contributed by atoms with van der Waals surface area (Å²) in [5.41, 5.74) is 0.891. The first-order valence-electron chi connectivity index (χ1n) is 8.28. The molecule has 1 aromatic rings. The molecule has 0 spiro atoms. The topological polar surface area (TPSA) is 20.3 Å². The molecule has 1 aliphatic rings. The normalized spacial score (nSPS) is 15.3. The molecule has 1 fully saturated rings. The number of benzene rings is 1. The van der Waals surface area contributed by atoms with Gasteiger partial charge in [-0.2, -0.15) is 0 Å². The predicted molar refractivity (Wildman–Crippen MR) is 98.0 cm³/mol. The van der Waals surface area contributed by atoms with Crippen LogP contribution < -0.4 is 4.46 Å². The van der Waals surface area contributed by atoms with Crippen LogP contribution in [-0.2, 0) is 0 Å². The van der Waals surface area contributed by atoms with Gasteiger partial charge in [0.05, 0.1) is 0 Å². The molecule has 1 aliphatic heterocycles. The number of rotatable bonds is 8. The van der Waals surface area contributed by atoms with Gasteiger partial charge in [0.1, 0.15) is 0 Å². The number of piperidine rings is 1. The zero-order chi connectivity index (χ0) is 14.9. The van der Waals surface area contributed by atoms with Crippen molar-refractivity contribution in [3.8, 4) is 0 Å². The Morgan fingerprint density at radius 3 is 2.45 bits per heavy atom. The van der Waals surface area contributed by atoms with Crippen molar-refractivity contribution in [1.82, 2.24) is 4.90 Å². The van der Waals surface area contributed by atoms with Gasteiger partial charge in [-0.3, -0.25) is 0 Å². The molecule has 2 rings (SSSR count). The fourth-order valence-corrected chi connectivity index (χ4v) is 4.75. The van der Waals surface area contributed by atoms with E-state index in [2.05, 4.69) is 24.0 Å². The number of hydrogen-bond donors (Lipinski definition) is 0. The van der Waals surface area contributed by atoms with Gasteiger partial charge in [0, 0.05) is 0 Å². The number of carbonyl (C=O) groups is 1. The summed E-state index contributed by atoms with van der Waals surface area (Å²) in [6.07, 6.45) is 7.20. The van der Waals surface area contributed by atoms with Gasteiger partial charge in [0.25, 0.3) is 0 Å². The molecule has 0 unspecified atom stereocenters. The molecule has 2 nitrogen and oxygen atoms in total. The maximum absolute atomic E-state index is 12.2. The monoisotopic (exact) mass is 389 g/mol. The van der Waals surface area contributed by atoms with E-state index >= 15 is 0 Å². The van der Waals surface area contributed by atoms with E-state index in [9.17, 15) is 4.79 Å². The number of Topliss-reactive ketones (excluding diaryl/α,β-unsaturated/α-hetero) is 1. The van der Waals surface area contributed by atoms with E-state index < -0.39 is 0 Å². The summed E-state index contributed by atoms with van der Waals surface area (Å²) in [6.45, 7) is 5.51. The van der Waals surface area contributed by atoms with Crippen molar-refractivity contribution in [3.63, 3.8) is 0 Å². The summed E-state index contributed by atoms with van der Waals surface area (Å²) in [5, 5.41) is 1.31. The number of halogens is 1. The third-order valence-corrected chi connectivity index (χ3v) is 6.35. The van der Waals surface area contributed by atoms with Crippen LogP contribution in [0.1, 0.15) is 55.8 Å². The molecule has 0 amide bonds. The van der Waals surface area contributed by atoms with Crippen LogP contribution in [0.2, 0.25) is 5.32 Å². The Bertz CT molecular complexity index is 429. The van der Waals surface area contributed by atoms with Crippen LogP contribution >= 0.6 is 12.4 Å². The SMILES string of the molecule is CCCC[Se]c1ccc(C(=O)CCN2CCCCC2)cc1.Cl.